The van der Waals surface area contributed by atoms with E-state index in [4.69, 9.17) is 0 Å². The molecule has 15 heavy (non-hydrogen) atoms. The number of alkyl halides is 3. The molecule has 0 aromatic heterocycles. The SMILES string of the molecule is CC(C)=CCCC(C)CC(=O)C(F)(F)F. The zero-order chi connectivity index (χ0) is 12.1. The molecule has 0 rings (SSSR count). The summed E-state index contributed by atoms with van der Waals surface area (Å²) < 4.78 is 35.7. The van der Waals surface area contributed by atoms with E-state index in [2.05, 4.69) is 0 Å². The fraction of sp³-hybridized carbons (Fsp3) is 0.727. The maximum atomic E-state index is 11.9. The van der Waals surface area contributed by atoms with Gasteiger partial charge in [0.15, 0.2) is 0 Å². The van der Waals surface area contributed by atoms with Crippen LogP contribution in [0.2, 0.25) is 0 Å². The van der Waals surface area contributed by atoms with Crippen molar-refractivity contribution in [3.63, 3.8) is 0 Å². The molecular formula is C11H17F3O. The van der Waals surface area contributed by atoms with Crippen molar-refractivity contribution in [2.45, 2.75) is 46.2 Å². The molecule has 88 valence electrons. The Bertz CT molecular complexity index is 237. The molecule has 0 radical (unpaired) electrons. The third-order valence-electron chi connectivity index (χ3n) is 2.06. The second-order valence-corrected chi connectivity index (χ2v) is 4.09. The van der Waals surface area contributed by atoms with E-state index in [1.807, 2.05) is 19.9 Å². The molecule has 1 unspecified atom stereocenters. The van der Waals surface area contributed by atoms with Crippen molar-refractivity contribution >= 4 is 5.78 Å². The van der Waals surface area contributed by atoms with Crippen molar-refractivity contribution < 1.29 is 18.0 Å². The monoisotopic (exact) mass is 222 g/mol. The molecule has 0 spiro atoms. The van der Waals surface area contributed by atoms with Crippen LogP contribution in [0, 0.1) is 5.92 Å². The molecule has 0 aliphatic carbocycles. The molecule has 0 saturated carbocycles. The number of Topliss-reactive ketones (excluding diaryl/α,β-unsaturated/α-hetero) is 1. The largest absolute Gasteiger partial charge is 0.449 e. The van der Waals surface area contributed by atoms with Crippen LogP contribution in [0.4, 0.5) is 13.2 Å². The van der Waals surface area contributed by atoms with Crippen molar-refractivity contribution in [2.75, 3.05) is 0 Å². The lowest BCUT2D eigenvalue weighted by atomic mass is 9.98. The average Bonchev–Trinajstić information content (AvgIpc) is 2.01. The van der Waals surface area contributed by atoms with Gasteiger partial charge < -0.3 is 0 Å². The molecule has 0 bridgehead atoms. The normalized spacial score (nSPS) is 13.5. The minimum absolute atomic E-state index is 0.213. The Kier molecular flexibility index (Phi) is 5.61. The van der Waals surface area contributed by atoms with Crippen LogP contribution in [0.1, 0.15) is 40.0 Å². The van der Waals surface area contributed by atoms with E-state index < -0.39 is 18.4 Å². The van der Waals surface area contributed by atoms with Gasteiger partial charge in [0.25, 0.3) is 0 Å². The molecule has 0 aromatic rings. The van der Waals surface area contributed by atoms with Gasteiger partial charge in [0.1, 0.15) is 0 Å². The Morgan fingerprint density at radius 3 is 2.27 bits per heavy atom. The summed E-state index contributed by atoms with van der Waals surface area (Å²) in [6, 6.07) is 0. The first-order valence-corrected chi connectivity index (χ1v) is 4.97. The molecule has 0 fully saturated rings. The van der Waals surface area contributed by atoms with E-state index in [1.54, 1.807) is 6.92 Å². The van der Waals surface area contributed by atoms with Crippen LogP contribution in [0.15, 0.2) is 11.6 Å². The maximum absolute atomic E-state index is 11.9. The van der Waals surface area contributed by atoms with Gasteiger partial charge in [0.05, 0.1) is 0 Å². The molecule has 0 aromatic carbocycles. The summed E-state index contributed by atoms with van der Waals surface area (Å²) in [7, 11) is 0. The lowest BCUT2D eigenvalue weighted by Crippen LogP contribution is -2.24. The first-order chi connectivity index (χ1) is 6.73. The van der Waals surface area contributed by atoms with Crippen molar-refractivity contribution in [2.24, 2.45) is 5.92 Å². The quantitative estimate of drug-likeness (QED) is 0.645. The van der Waals surface area contributed by atoms with Gasteiger partial charge in [-0.15, -0.1) is 0 Å². The second kappa shape index (κ2) is 5.93. The summed E-state index contributed by atoms with van der Waals surface area (Å²) in [6.45, 7) is 5.54. The van der Waals surface area contributed by atoms with Gasteiger partial charge in [0.2, 0.25) is 5.78 Å². The molecule has 0 saturated heterocycles. The second-order valence-electron chi connectivity index (χ2n) is 4.09. The van der Waals surface area contributed by atoms with E-state index in [0.29, 0.717) is 6.42 Å². The Morgan fingerprint density at radius 2 is 1.87 bits per heavy atom. The Morgan fingerprint density at radius 1 is 1.33 bits per heavy atom. The van der Waals surface area contributed by atoms with Gasteiger partial charge in [-0.3, -0.25) is 4.79 Å². The van der Waals surface area contributed by atoms with Gasteiger partial charge in [0, 0.05) is 6.42 Å². The summed E-state index contributed by atoms with van der Waals surface area (Å²) in [6.07, 6.45) is -1.76. The molecule has 1 atom stereocenters. The number of carbonyl (C=O) groups is 1. The number of rotatable bonds is 5. The van der Waals surface area contributed by atoms with Gasteiger partial charge >= 0.3 is 6.18 Å². The lowest BCUT2D eigenvalue weighted by Gasteiger charge is -2.10. The van der Waals surface area contributed by atoms with Crippen molar-refractivity contribution in [3.05, 3.63) is 11.6 Å². The minimum Gasteiger partial charge on any atom is -0.290 e. The van der Waals surface area contributed by atoms with E-state index >= 15 is 0 Å². The fourth-order valence-corrected chi connectivity index (χ4v) is 1.19. The zero-order valence-corrected chi connectivity index (χ0v) is 9.32. The smallest absolute Gasteiger partial charge is 0.290 e. The molecule has 0 aliphatic heterocycles. The number of carbonyl (C=O) groups excluding carboxylic acids is 1. The van der Waals surface area contributed by atoms with E-state index in [0.717, 1.165) is 12.0 Å². The van der Waals surface area contributed by atoms with Gasteiger partial charge in [-0.1, -0.05) is 18.6 Å². The lowest BCUT2D eigenvalue weighted by molar-refractivity contribution is -0.172. The zero-order valence-electron chi connectivity index (χ0n) is 9.32. The van der Waals surface area contributed by atoms with Crippen LogP contribution in [0.5, 0.6) is 0 Å². The van der Waals surface area contributed by atoms with Gasteiger partial charge in [-0.2, -0.15) is 13.2 Å². The van der Waals surface area contributed by atoms with E-state index in [-0.39, 0.29) is 5.92 Å². The molecule has 1 nitrogen and oxygen atoms in total. The first kappa shape index (κ1) is 14.2. The van der Waals surface area contributed by atoms with Crippen LogP contribution in [0.3, 0.4) is 0 Å². The number of hydrogen-bond donors (Lipinski definition) is 0. The molecule has 0 N–H and O–H groups in total. The minimum atomic E-state index is -4.68. The van der Waals surface area contributed by atoms with Crippen LogP contribution < -0.4 is 0 Å². The highest BCUT2D eigenvalue weighted by Crippen LogP contribution is 2.22. The van der Waals surface area contributed by atoms with Crippen LogP contribution in [-0.2, 0) is 4.79 Å². The van der Waals surface area contributed by atoms with Crippen LogP contribution in [0.25, 0.3) is 0 Å². The summed E-state index contributed by atoms with van der Waals surface area (Å²) in [5, 5.41) is 0. The Balaban J connectivity index is 3.90. The Labute approximate surface area is 88.4 Å². The molecule has 0 heterocycles. The molecular weight excluding hydrogens is 205 g/mol. The third kappa shape index (κ3) is 7.17. The van der Waals surface area contributed by atoms with Crippen molar-refractivity contribution in [1.29, 1.82) is 0 Å². The van der Waals surface area contributed by atoms with E-state index in [1.165, 1.54) is 0 Å². The van der Waals surface area contributed by atoms with Gasteiger partial charge in [-0.25, -0.2) is 0 Å². The number of ketones is 1. The molecule has 0 amide bonds. The highest BCUT2D eigenvalue weighted by Gasteiger charge is 2.38. The highest BCUT2D eigenvalue weighted by atomic mass is 19.4. The topological polar surface area (TPSA) is 17.1 Å². The summed E-state index contributed by atoms with van der Waals surface area (Å²) in [5.41, 5.74) is 1.14. The summed E-state index contributed by atoms with van der Waals surface area (Å²) >= 11 is 0. The third-order valence-corrected chi connectivity index (χ3v) is 2.06. The summed E-state index contributed by atoms with van der Waals surface area (Å²) in [4.78, 5) is 10.6. The predicted octanol–water partition coefficient (Wildman–Crippen LogP) is 3.89. The Hall–Kier alpha value is -0.800. The van der Waals surface area contributed by atoms with Crippen molar-refractivity contribution in [1.82, 2.24) is 0 Å². The molecule has 0 aliphatic rings. The number of allylic oxidation sites excluding steroid dienone is 2. The molecule has 4 heteroatoms. The van der Waals surface area contributed by atoms with Crippen molar-refractivity contribution in [3.8, 4) is 0 Å². The van der Waals surface area contributed by atoms with Gasteiger partial charge in [-0.05, 0) is 32.6 Å². The van der Waals surface area contributed by atoms with Crippen LogP contribution >= 0.6 is 0 Å². The first-order valence-electron chi connectivity index (χ1n) is 4.97. The predicted molar refractivity (Wildman–Crippen MR) is 53.5 cm³/mol. The fourth-order valence-electron chi connectivity index (χ4n) is 1.19. The standard InChI is InChI=1S/C11H17F3O/c1-8(2)5-4-6-9(3)7-10(15)11(12,13)14/h5,9H,4,6-7H2,1-3H3. The van der Waals surface area contributed by atoms with Crippen LogP contribution in [-0.4, -0.2) is 12.0 Å². The van der Waals surface area contributed by atoms with E-state index in [9.17, 15) is 18.0 Å². The average molecular weight is 222 g/mol. The number of halogens is 3. The number of hydrogen-bond acceptors (Lipinski definition) is 1. The highest BCUT2D eigenvalue weighted by molar-refractivity contribution is 5.84. The maximum Gasteiger partial charge on any atom is 0.449 e. The summed E-state index contributed by atoms with van der Waals surface area (Å²) in [5.74, 6) is -1.83.